The second kappa shape index (κ2) is 6.42. The molecule has 0 unspecified atom stereocenters. The first-order valence-electron chi connectivity index (χ1n) is 11.4. The average molecular weight is 438 g/mol. The molecule has 0 bridgehead atoms. The molecule has 0 aliphatic carbocycles. The van der Waals surface area contributed by atoms with Crippen molar-refractivity contribution in [1.29, 1.82) is 0 Å². The molecule has 1 aliphatic heterocycles. The third kappa shape index (κ3) is 2.32. The molecule has 2 aromatic heterocycles. The standard InChI is InChI=1S/C30H18N2O2/c1-2-8-18(9-3-1)32-23-15-14-20-19-10-4-5-11-22(19)31-30(20)29(23)21-16-27-28(17-24(21)32)34-26-13-7-6-12-25(26)33-27/h1-17,31H. The number of benzene rings is 5. The lowest BCUT2D eigenvalue weighted by molar-refractivity contribution is 0.360. The van der Waals surface area contributed by atoms with E-state index in [0.717, 1.165) is 56.1 Å². The number of rotatable bonds is 1. The third-order valence-electron chi connectivity index (χ3n) is 6.78. The van der Waals surface area contributed by atoms with E-state index in [4.69, 9.17) is 9.47 Å². The Bertz CT molecular complexity index is 1910. The fraction of sp³-hybridized carbons (Fsp3) is 0. The van der Waals surface area contributed by atoms with Crippen molar-refractivity contribution in [2.45, 2.75) is 0 Å². The highest BCUT2D eigenvalue weighted by Crippen LogP contribution is 2.49. The molecule has 34 heavy (non-hydrogen) atoms. The summed E-state index contributed by atoms with van der Waals surface area (Å²) in [6.07, 6.45) is 0. The van der Waals surface area contributed by atoms with Gasteiger partial charge in [0, 0.05) is 38.8 Å². The van der Waals surface area contributed by atoms with Crippen molar-refractivity contribution in [2.24, 2.45) is 0 Å². The Labute approximate surface area is 194 Å². The van der Waals surface area contributed by atoms with Gasteiger partial charge >= 0.3 is 0 Å². The largest absolute Gasteiger partial charge is 0.449 e. The van der Waals surface area contributed by atoms with Gasteiger partial charge in [-0.1, -0.05) is 54.6 Å². The first kappa shape index (κ1) is 17.8. The maximum Gasteiger partial charge on any atom is 0.172 e. The molecule has 0 spiro atoms. The molecule has 0 saturated heterocycles. The first-order chi connectivity index (χ1) is 16.8. The summed E-state index contributed by atoms with van der Waals surface area (Å²) in [6, 6.07) is 35.4. The molecule has 0 saturated carbocycles. The number of fused-ring (bicyclic) bond motifs is 9. The molecule has 1 aliphatic rings. The molecule has 0 amide bonds. The van der Waals surface area contributed by atoms with Gasteiger partial charge in [0.2, 0.25) is 0 Å². The van der Waals surface area contributed by atoms with Gasteiger partial charge in [0.1, 0.15) is 0 Å². The van der Waals surface area contributed by atoms with E-state index in [9.17, 15) is 0 Å². The van der Waals surface area contributed by atoms with E-state index in [1.54, 1.807) is 0 Å². The zero-order valence-corrected chi connectivity index (χ0v) is 18.1. The second-order valence-electron chi connectivity index (χ2n) is 8.69. The Kier molecular flexibility index (Phi) is 3.36. The average Bonchev–Trinajstić information content (AvgIpc) is 3.41. The van der Waals surface area contributed by atoms with Crippen LogP contribution in [0.3, 0.4) is 0 Å². The smallest absolute Gasteiger partial charge is 0.172 e. The minimum absolute atomic E-state index is 0.721. The highest BCUT2D eigenvalue weighted by atomic mass is 16.6. The van der Waals surface area contributed by atoms with Gasteiger partial charge in [-0.15, -0.1) is 0 Å². The van der Waals surface area contributed by atoms with Gasteiger partial charge in [0.15, 0.2) is 23.0 Å². The van der Waals surface area contributed by atoms with E-state index in [0.29, 0.717) is 0 Å². The van der Waals surface area contributed by atoms with Gasteiger partial charge in [-0.05, 0) is 42.5 Å². The Balaban J connectivity index is 1.53. The van der Waals surface area contributed by atoms with Gasteiger partial charge in [-0.2, -0.15) is 0 Å². The summed E-state index contributed by atoms with van der Waals surface area (Å²) in [7, 11) is 0. The molecule has 0 atom stereocenters. The van der Waals surface area contributed by atoms with Crippen molar-refractivity contribution in [3.63, 3.8) is 0 Å². The van der Waals surface area contributed by atoms with Crippen LogP contribution in [0.1, 0.15) is 0 Å². The summed E-state index contributed by atoms with van der Waals surface area (Å²) in [5, 5.41) is 4.75. The maximum absolute atomic E-state index is 6.28. The van der Waals surface area contributed by atoms with Crippen LogP contribution in [0.25, 0.3) is 49.3 Å². The molecule has 4 heteroatoms. The molecule has 0 fully saturated rings. The van der Waals surface area contributed by atoms with Gasteiger partial charge in [-0.25, -0.2) is 0 Å². The topological polar surface area (TPSA) is 39.2 Å². The van der Waals surface area contributed by atoms with Crippen LogP contribution >= 0.6 is 0 Å². The van der Waals surface area contributed by atoms with E-state index < -0.39 is 0 Å². The number of para-hydroxylation sites is 4. The Morgan fingerprint density at radius 3 is 2.06 bits per heavy atom. The summed E-state index contributed by atoms with van der Waals surface area (Å²) < 4.78 is 14.8. The molecular formula is C30H18N2O2. The number of nitrogens with one attached hydrogen (secondary N) is 1. The molecule has 0 radical (unpaired) electrons. The first-order valence-corrected chi connectivity index (χ1v) is 11.4. The number of aromatic nitrogens is 2. The molecule has 4 nitrogen and oxygen atoms in total. The lowest BCUT2D eigenvalue weighted by Gasteiger charge is -2.20. The predicted molar refractivity (Wildman–Crippen MR) is 137 cm³/mol. The fourth-order valence-corrected chi connectivity index (χ4v) is 5.30. The maximum atomic E-state index is 6.28. The normalized spacial score (nSPS) is 12.6. The lowest BCUT2D eigenvalue weighted by atomic mass is 10.1. The number of H-pyrrole nitrogens is 1. The molecule has 5 aromatic carbocycles. The Hall–Kier alpha value is -4.70. The summed E-state index contributed by atoms with van der Waals surface area (Å²) in [5.74, 6) is 2.91. The third-order valence-corrected chi connectivity index (χ3v) is 6.78. The predicted octanol–water partition coefficient (Wildman–Crippen LogP) is 8.32. The molecule has 1 N–H and O–H groups in total. The van der Waals surface area contributed by atoms with Crippen LogP contribution < -0.4 is 9.47 Å². The molecule has 3 heterocycles. The quantitative estimate of drug-likeness (QED) is 0.280. The highest BCUT2D eigenvalue weighted by Gasteiger charge is 2.23. The van der Waals surface area contributed by atoms with Gasteiger partial charge in [-0.3, -0.25) is 0 Å². The number of hydrogen-bond acceptors (Lipinski definition) is 2. The van der Waals surface area contributed by atoms with Crippen molar-refractivity contribution in [3.05, 3.63) is 103 Å². The Morgan fingerprint density at radius 2 is 1.24 bits per heavy atom. The van der Waals surface area contributed by atoms with Gasteiger partial charge in [0.25, 0.3) is 0 Å². The number of aromatic amines is 1. The van der Waals surface area contributed by atoms with E-state index in [2.05, 4.69) is 82.3 Å². The lowest BCUT2D eigenvalue weighted by Crippen LogP contribution is -1.99. The van der Waals surface area contributed by atoms with Crippen LogP contribution in [0.2, 0.25) is 0 Å². The molecule has 160 valence electrons. The van der Waals surface area contributed by atoms with Crippen molar-refractivity contribution in [2.75, 3.05) is 0 Å². The van der Waals surface area contributed by atoms with Gasteiger partial charge < -0.3 is 19.0 Å². The van der Waals surface area contributed by atoms with Crippen molar-refractivity contribution >= 4 is 43.6 Å². The minimum atomic E-state index is 0.721. The number of hydrogen-bond donors (Lipinski definition) is 1. The van der Waals surface area contributed by atoms with E-state index in [1.807, 2.05) is 30.3 Å². The summed E-state index contributed by atoms with van der Waals surface area (Å²) in [4.78, 5) is 3.69. The van der Waals surface area contributed by atoms with E-state index >= 15 is 0 Å². The second-order valence-corrected chi connectivity index (χ2v) is 8.69. The number of ether oxygens (including phenoxy) is 2. The Morgan fingerprint density at radius 1 is 0.529 bits per heavy atom. The minimum Gasteiger partial charge on any atom is -0.449 e. The van der Waals surface area contributed by atoms with Crippen molar-refractivity contribution in [1.82, 2.24) is 9.55 Å². The zero-order chi connectivity index (χ0) is 22.2. The van der Waals surface area contributed by atoms with Crippen LogP contribution in [0.15, 0.2) is 103 Å². The number of nitrogens with zero attached hydrogens (tertiary/aromatic N) is 1. The van der Waals surface area contributed by atoms with Crippen LogP contribution in [0.4, 0.5) is 0 Å². The van der Waals surface area contributed by atoms with E-state index in [-0.39, 0.29) is 0 Å². The molecular weight excluding hydrogens is 420 g/mol. The van der Waals surface area contributed by atoms with Gasteiger partial charge in [0.05, 0.1) is 16.6 Å². The summed E-state index contributed by atoms with van der Waals surface area (Å²) in [5.41, 5.74) is 5.59. The zero-order valence-electron chi connectivity index (χ0n) is 18.1. The van der Waals surface area contributed by atoms with Crippen LogP contribution in [0.5, 0.6) is 23.0 Å². The van der Waals surface area contributed by atoms with Crippen LogP contribution in [-0.4, -0.2) is 9.55 Å². The van der Waals surface area contributed by atoms with Crippen LogP contribution in [0, 0.1) is 0 Å². The highest BCUT2D eigenvalue weighted by molar-refractivity contribution is 6.25. The SMILES string of the molecule is c1ccc(-n2c3cc4c(cc3c3c5[nH]c6ccccc6c5ccc32)Oc2ccccc2O4)cc1. The van der Waals surface area contributed by atoms with Crippen molar-refractivity contribution < 1.29 is 9.47 Å². The van der Waals surface area contributed by atoms with E-state index in [1.165, 1.54) is 16.2 Å². The van der Waals surface area contributed by atoms with Crippen LogP contribution in [-0.2, 0) is 0 Å². The summed E-state index contributed by atoms with van der Waals surface area (Å²) >= 11 is 0. The molecule has 8 rings (SSSR count). The fourth-order valence-electron chi connectivity index (χ4n) is 5.30. The molecule has 7 aromatic rings. The monoisotopic (exact) mass is 438 g/mol. The summed E-state index contributed by atoms with van der Waals surface area (Å²) in [6.45, 7) is 0. The van der Waals surface area contributed by atoms with Crippen molar-refractivity contribution in [3.8, 4) is 28.7 Å².